The number of aromatic nitrogens is 3. The first kappa shape index (κ1) is 8.98. The number of hydrogen-bond acceptors (Lipinski definition) is 4. The van der Waals surface area contributed by atoms with Crippen molar-refractivity contribution in [3.8, 4) is 0 Å². The highest BCUT2D eigenvalue weighted by Crippen LogP contribution is 2.18. The fourth-order valence-electron chi connectivity index (χ4n) is 1.16. The standard InChI is InChI=1S/C8H13N5O/c9-8-10-5-13(12-8)4-3-7(14)11-6-1-2-6/h5-6H,1-4H2,(H2,9,12)(H,11,14). The van der Waals surface area contributed by atoms with Gasteiger partial charge in [-0.15, -0.1) is 5.10 Å². The largest absolute Gasteiger partial charge is 0.367 e. The summed E-state index contributed by atoms with van der Waals surface area (Å²) < 4.78 is 1.57. The monoisotopic (exact) mass is 195 g/mol. The van der Waals surface area contributed by atoms with E-state index in [9.17, 15) is 4.79 Å². The van der Waals surface area contributed by atoms with Crippen molar-refractivity contribution in [2.75, 3.05) is 5.73 Å². The third-order valence-corrected chi connectivity index (χ3v) is 2.06. The summed E-state index contributed by atoms with van der Waals surface area (Å²) in [5.41, 5.74) is 5.33. The van der Waals surface area contributed by atoms with Crippen molar-refractivity contribution in [1.29, 1.82) is 0 Å². The van der Waals surface area contributed by atoms with Crippen LogP contribution in [0.3, 0.4) is 0 Å². The molecule has 2 rings (SSSR count). The molecule has 1 aromatic rings. The second kappa shape index (κ2) is 3.65. The summed E-state index contributed by atoms with van der Waals surface area (Å²) in [6.45, 7) is 0.531. The minimum atomic E-state index is 0.0709. The zero-order valence-corrected chi connectivity index (χ0v) is 7.81. The van der Waals surface area contributed by atoms with Crippen molar-refractivity contribution in [1.82, 2.24) is 20.1 Å². The maximum absolute atomic E-state index is 11.3. The van der Waals surface area contributed by atoms with Crippen LogP contribution in [0.1, 0.15) is 19.3 Å². The van der Waals surface area contributed by atoms with Gasteiger partial charge in [0.1, 0.15) is 6.33 Å². The maximum atomic E-state index is 11.3. The zero-order valence-electron chi connectivity index (χ0n) is 7.81. The molecule has 0 aliphatic heterocycles. The van der Waals surface area contributed by atoms with E-state index in [1.165, 1.54) is 6.33 Å². The highest BCUT2D eigenvalue weighted by atomic mass is 16.1. The number of nitrogens with two attached hydrogens (primary N) is 1. The van der Waals surface area contributed by atoms with Crippen LogP contribution in [0.5, 0.6) is 0 Å². The van der Waals surface area contributed by atoms with Crippen molar-refractivity contribution < 1.29 is 4.79 Å². The first-order chi connectivity index (χ1) is 6.74. The number of amides is 1. The summed E-state index contributed by atoms with van der Waals surface area (Å²) in [5, 5.41) is 6.78. The van der Waals surface area contributed by atoms with E-state index in [2.05, 4.69) is 15.4 Å². The molecule has 1 saturated carbocycles. The number of rotatable bonds is 4. The van der Waals surface area contributed by atoms with Gasteiger partial charge in [-0.1, -0.05) is 0 Å². The second-order valence-electron chi connectivity index (χ2n) is 3.46. The molecule has 76 valence electrons. The quantitative estimate of drug-likeness (QED) is 0.680. The smallest absolute Gasteiger partial charge is 0.239 e. The molecule has 0 radical (unpaired) electrons. The van der Waals surface area contributed by atoms with Crippen LogP contribution in [0, 0.1) is 0 Å². The Balaban J connectivity index is 1.73. The fraction of sp³-hybridized carbons (Fsp3) is 0.625. The number of carbonyl (C=O) groups excluding carboxylic acids is 1. The van der Waals surface area contributed by atoms with Crippen molar-refractivity contribution in [2.45, 2.75) is 31.8 Å². The first-order valence-corrected chi connectivity index (χ1v) is 4.68. The van der Waals surface area contributed by atoms with Crippen molar-refractivity contribution in [3.63, 3.8) is 0 Å². The van der Waals surface area contributed by atoms with Crippen LogP contribution in [0.4, 0.5) is 5.95 Å². The minimum Gasteiger partial charge on any atom is -0.367 e. The maximum Gasteiger partial charge on any atom is 0.239 e. The van der Waals surface area contributed by atoms with E-state index in [4.69, 9.17) is 5.73 Å². The van der Waals surface area contributed by atoms with Gasteiger partial charge in [-0.05, 0) is 12.8 Å². The fourth-order valence-corrected chi connectivity index (χ4v) is 1.16. The van der Waals surface area contributed by atoms with Crippen molar-refractivity contribution in [3.05, 3.63) is 6.33 Å². The molecule has 3 N–H and O–H groups in total. The normalized spacial score (nSPS) is 15.4. The van der Waals surface area contributed by atoms with E-state index < -0.39 is 0 Å². The third-order valence-electron chi connectivity index (χ3n) is 2.06. The van der Waals surface area contributed by atoms with Crippen LogP contribution in [-0.2, 0) is 11.3 Å². The molecule has 0 unspecified atom stereocenters. The first-order valence-electron chi connectivity index (χ1n) is 4.68. The Morgan fingerprint density at radius 3 is 3.07 bits per heavy atom. The highest BCUT2D eigenvalue weighted by molar-refractivity contribution is 5.76. The third kappa shape index (κ3) is 2.45. The molecule has 1 heterocycles. The van der Waals surface area contributed by atoms with Gasteiger partial charge in [-0.3, -0.25) is 9.48 Å². The van der Waals surface area contributed by atoms with Gasteiger partial charge in [0.15, 0.2) is 0 Å². The van der Waals surface area contributed by atoms with Crippen LogP contribution in [0.15, 0.2) is 6.33 Å². The van der Waals surface area contributed by atoms with E-state index in [-0.39, 0.29) is 11.9 Å². The Bertz CT molecular complexity index is 330. The Morgan fingerprint density at radius 2 is 2.50 bits per heavy atom. The summed E-state index contributed by atoms with van der Waals surface area (Å²) in [5.74, 6) is 0.314. The Morgan fingerprint density at radius 1 is 1.71 bits per heavy atom. The van der Waals surface area contributed by atoms with Gasteiger partial charge in [-0.2, -0.15) is 0 Å². The number of carbonyl (C=O) groups is 1. The molecule has 6 nitrogen and oxygen atoms in total. The van der Waals surface area contributed by atoms with Crippen LogP contribution in [0.25, 0.3) is 0 Å². The average Bonchev–Trinajstić information content (AvgIpc) is 2.85. The lowest BCUT2D eigenvalue weighted by Crippen LogP contribution is -2.26. The lowest BCUT2D eigenvalue weighted by atomic mass is 10.4. The number of nitrogen functional groups attached to an aromatic ring is 1. The van der Waals surface area contributed by atoms with Crippen molar-refractivity contribution in [2.24, 2.45) is 0 Å². The van der Waals surface area contributed by atoms with E-state index in [1.54, 1.807) is 4.68 Å². The molecular weight excluding hydrogens is 182 g/mol. The molecule has 1 amide bonds. The molecule has 0 aromatic carbocycles. The lowest BCUT2D eigenvalue weighted by Gasteiger charge is -2.02. The molecule has 0 saturated heterocycles. The molecule has 0 bridgehead atoms. The molecule has 6 heteroatoms. The number of nitrogens with zero attached hydrogens (tertiary/aromatic N) is 3. The Kier molecular flexibility index (Phi) is 2.34. The average molecular weight is 195 g/mol. The van der Waals surface area contributed by atoms with E-state index in [1.807, 2.05) is 0 Å². The summed E-state index contributed by atoms with van der Waals surface area (Å²) in [4.78, 5) is 15.0. The minimum absolute atomic E-state index is 0.0709. The molecular formula is C8H13N5O. The lowest BCUT2D eigenvalue weighted by molar-refractivity contribution is -0.121. The molecule has 1 aliphatic rings. The van der Waals surface area contributed by atoms with E-state index >= 15 is 0 Å². The number of aryl methyl sites for hydroxylation is 1. The predicted molar refractivity (Wildman–Crippen MR) is 50.2 cm³/mol. The van der Waals surface area contributed by atoms with Gasteiger partial charge in [0.25, 0.3) is 0 Å². The Hall–Kier alpha value is -1.59. The zero-order chi connectivity index (χ0) is 9.97. The van der Waals surface area contributed by atoms with Gasteiger partial charge in [0.05, 0.1) is 6.54 Å². The Labute approximate surface area is 81.5 Å². The molecule has 0 atom stereocenters. The second-order valence-corrected chi connectivity index (χ2v) is 3.46. The van der Waals surface area contributed by atoms with Crippen LogP contribution < -0.4 is 11.1 Å². The summed E-state index contributed by atoms with van der Waals surface area (Å²) in [6.07, 6.45) is 4.18. The molecule has 1 fully saturated rings. The number of anilines is 1. The predicted octanol–water partition coefficient (Wildman–Crippen LogP) is -0.471. The molecule has 1 aliphatic carbocycles. The number of hydrogen-bond donors (Lipinski definition) is 2. The molecule has 14 heavy (non-hydrogen) atoms. The topological polar surface area (TPSA) is 85.8 Å². The molecule has 1 aromatic heterocycles. The summed E-state index contributed by atoms with van der Waals surface area (Å²) >= 11 is 0. The molecule has 0 spiro atoms. The van der Waals surface area contributed by atoms with E-state index in [0.717, 1.165) is 12.8 Å². The summed E-state index contributed by atoms with van der Waals surface area (Å²) in [7, 11) is 0. The van der Waals surface area contributed by atoms with Gasteiger partial charge in [0.2, 0.25) is 11.9 Å². The van der Waals surface area contributed by atoms with E-state index in [0.29, 0.717) is 19.0 Å². The highest BCUT2D eigenvalue weighted by Gasteiger charge is 2.22. The van der Waals surface area contributed by atoms with Gasteiger partial charge in [-0.25, -0.2) is 4.98 Å². The summed E-state index contributed by atoms with van der Waals surface area (Å²) in [6, 6.07) is 0.420. The van der Waals surface area contributed by atoms with Gasteiger partial charge < -0.3 is 11.1 Å². The van der Waals surface area contributed by atoms with Crippen molar-refractivity contribution >= 4 is 11.9 Å². The SMILES string of the molecule is Nc1ncn(CCC(=O)NC2CC2)n1. The van der Waals surface area contributed by atoms with Crippen LogP contribution in [0.2, 0.25) is 0 Å². The van der Waals surface area contributed by atoms with Crippen LogP contribution in [-0.4, -0.2) is 26.7 Å². The van der Waals surface area contributed by atoms with Gasteiger partial charge in [0, 0.05) is 12.5 Å². The van der Waals surface area contributed by atoms with Gasteiger partial charge >= 0.3 is 0 Å². The number of nitrogens with one attached hydrogen (secondary N) is 1. The van der Waals surface area contributed by atoms with Crippen LogP contribution >= 0.6 is 0 Å².